The highest BCUT2D eigenvalue weighted by molar-refractivity contribution is 6.34. The molecule has 0 aliphatic carbocycles. The molecule has 2 N–H and O–H groups in total. The van der Waals surface area contributed by atoms with E-state index in [0.29, 0.717) is 10.7 Å². The molecule has 1 aromatic carbocycles. The van der Waals surface area contributed by atoms with Gasteiger partial charge in [0.1, 0.15) is 5.54 Å². The van der Waals surface area contributed by atoms with Gasteiger partial charge in [-0.05, 0) is 26.8 Å². The molecule has 4 amide bonds. The van der Waals surface area contributed by atoms with Crippen molar-refractivity contribution in [1.82, 2.24) is 15.6 Å². The van der Waals surface area contributed by atoms with Gasteiger partial charge < -0.3 is 5.32 Å². The third kappa shape index (κ3) is 3.91. The van der Waals surface area contributed by atoms with Crippen LogP contribution < -0.4 is 10.7 Å². The number of hydrogen-bond donors (Lipinski definition) is 2. The van der Waals surface area contributed by atoms with Crippen LogP contribution >= 0.6 is 11.6 Å². The summed E-state index contributed by atoms with van der Waals surface area (Å²) in [6.07, 6.45) is -0.0332. The molecule has 128 valence electrons. The fraction of sp³-hybridized carbons (Fsp3) is 0.375. The van der Waals surface area contributed by atoms with Gasteiger partial charge >= 0.3 is 6.03 Å². The van der Waals surface area contributed by atoms with Crippen LogP contribution in [0.25, 0.3) is 0 Å². The maximum absolute atomic E-state index is 12.0. The van der Waals surface area contributed by atoms with Gasteiger partial charge in [-0.2, -0.15) is 5.10 Å². The van der Waals surface area contributed by atoms with Crippen LogP contribution in [-0.2, 0) is 9.59 Å². The Labute approximate surface area is 145 Å². The first kappa shape index (κ1) is 17.9. The molecule has 0 bridgehead atoms. The lowest BCUT2D eigenvalue weighted by Gasteiger charge is -2.15. The second-order valence-electron chi connectivity index (χ2n) is 5.97. The van der Waals surface area contributed by atoms with E-state index < -0.39 is 17.5 Å². The van der Waals surface area contributed by atoms with Gasteiger partial charge in [-0.15, -0.1) is 0 Å². The number of imide groups is 1. The zero-order valence-electron chi connectivity index (χ0n) is 13.7. The Morgan fingerprint density at radius 3 is 2.58 bits per heavy atom. The molecule has 0 unspecified atom stereocenters. The number of hydrazone groups is 1. The Kier molecular flexibility index (Phi) is 5.23. The highest BCUT2D eigenvalue weighted by Gasteiger charge is 2.43. The Hall–Kier alpha value is -2.41. The predicted octanol–water partition coefficient (Wildman–Crippen LogP) is 1.90. The maximum Gasteiger partial charge on any atom is 0.325 e. The van der Waals surface area contributed by atoms with Crippen LogP contribution in [0.15, 0.2) is 29.4 Å². The lowest BCUT2D eigenvalue weighted by molar-refractivity contribution is -0.130. The van der Waals surface area contributed by atoms with Crippen molar-refractivity contribution >= 4 is 35.2 Å². The molecule has 24 heavy (non-hydrogen) atoms. The average molecular weight is 351 g/mol. The molecular formula is C16H19ClN4O3. The molecule has 1 heterocycles. The zero-order valence-corrected chi connectivity index (χ0v) is 14.5. The van der Waals surface area contributed by atoms with Crippen molar-refractivity contribution in [2.24, 2.45) is 5.10 Å². The summed E-state index contributed by atoms with van der Waals surface area (Å²) in [7, 11) is 0. The van der Waals surface area contributed by atoms with Gasteiger partial charge in [-0.25, -0.2) is 10.2 Å². The molecule has 1 fully saturated rings. The van der Waals surface area contributed by atoms with Crippen LogP contribution in [0.2, 0.25) is 5.02 Å². The number of halogens is 1. The number of rotatable bonds is 5. The number of urea groups is 1. The van der Waals surface area contributed by atoms with E-state index in [2.05, 4.69) is 15.8 Å². The van der Waals surface area contributed by atoms with Crippen LogP contribution in [0, 0.1) is 0 Å². The first-order valence-electron chi connectivity index (χ1n) is 7.44. The summed E-state index contributed by atoms with van der Waals surface area (Å²) in [5.41, 5.74) is 2.74. The number of nitrogens with one attached hydrogen (secondary N) is 2. The Morgan fingerprint density at radius 2 is 2.00 bits per heavy atom. The van der Waals surface area contributed by atoms with E-state index in [-0.39, 0.29) is 18.9 Å². The molecule has 0 atom stereocenters. The van der Waals surface area contributed by atoms with Crippen molar-refractivity contribution in [3.05, 3.63) is 34.9 Å². The molecule has 2 rings (SSSR count). The first-order valence-corrected chi connectivity index (χ1v) is 7.82. The van der Waals surface area contributed by atoms with Crippen LogP contribution in [0.1, 0.15) is 32.8 Å². The van der Waals surface area contributed by atoms with Gasteiger partial charge in [0.15, 0.2) is 0 Å². The molecule has 1 aliphatic heterocycles. The lowest BCUT2D eigenvalue weighted by Crippen LogP contribution is -2.40. The summed E-state index contributed by atoms with van der Waals surface area (Å²) in [5, 5.41) is 7.09. The number of amides is 4. The van der Waals surface area contributed by atoms with Crippen molar-refractivity contribution in [2.45, 2.75) is 32.7 Å². The SMILES string of the molecule is C/C(=N/NC(=O)CCN1C(=O)NC(C)(C)C1=O)c1ccccc1Cl. The molecule has 1 saturated heterocycles. The summed E-state index contributed by atoms with van der Waals surface area (Å²) in [5.74, 6) is -0.747. The van der Waals surface area contributed by atoms with Gasteiger partial charge in [-0.1, -0.05) is 29.8 Å². The van der Waals surface area contributed by atoms with E-state index in [0.717, 1.165) is 10.5 Å². The maximum atomic E-state index is 12.0. The Balaban J connectivity index is 1.90. The molecule has 1 aliphatic rings. The van der Waals surface area contributed by atoms with Gasteiger partial charge in [-0.3, -0.25) is 14.5 Å². The second-order valence-corrected chi connectivity index (χ2v) is 6.38. The number of carbonyl (C=O) groups is 3. The fourth-order valence-electron chi connectivity index (χ4n) is 2.25. The monoisotopic (exact) mass is 350 g/mol. The van der Waals surface area contributed by atoms with Crippen molar-refractivity contribution < 1.29 is 14.4 Å². The van der Waals surface area contributed by atoms with Gasteiger partial charge in [0.05, 0.1) is 5.71 Å². The first-order chi connectivity index (χ1) is 11.2. The zero-order chi connectivity index (χ0) is 17.9. The number of hydrogen-bond acceptors (Lipinski definition) is 4. The van der Waals surface area contributed by atoms with Gasteiger partial charge in [0.25, 0.3) is 5.91 Å². The molecule has 0 radical (unpaired) electrons. The molecule has 1 aromatic rings. The van der Waals surface area contributed by atoms with Crippen molar-refractivity contribution in [3.63, 3.8) is 0 Å². The molecule has 0 aromatic heterocycles. The molecule has 7 nitrogen and oxygen atoms in total. The highest BCUT2D eigenvalue weighted by atomic mass is 35.5. The topological polar surface area (TPSA) is 90.9 Å². The molecule has 0 saturated carbocycles. The molecule has 8 heteroatoms. The average Bonchev–Trinajstić information content (AvgIpc) is 2.71. The number of carbonyl (C=O) groups excluding carboxylic acids is 3. The summed E-state index contributed by atoms with van der Waals surface area (Å²) < 4.78 is 0. The van der Waals surface area contributed by atoms with E-state index in [9.17, 15) is 14.4 Å². The van der Waals surface area contributed by atoms with Crippen LogP contribution in [0.4, 0.5) is 4.79 Å². The molecule has 0 spiro atoms. The molecular weight excluding hydrogens is 332 g/mol. The smallest absolute Gasteiger partial charge is 0.324 e. The van der Waals surface area contributed by atoms with Crippen LogP contribution in [0.3, 0.4) is 0 Å². The largest absolute Gasteiger partial charge is 0.325 e. The predicted molar refractivity (Wildman–Crippen MR) is 90.7 cm³/mol. The number of nitrogens with zero attached hydrogens (tertiary/aromatic N) is 2. The standard InChI is InChI=1S/C16H19ClN4O3/c1-10(11-6-4-5-7-12(11)17)19-20-13(22)8-9-21-14(23)16(2,3)18-15(21)24/h4-7H,8-9H2,1-3H3,(H,18,24)(H,20,22)/b19-10-. The minimum atomic E-state index is -0.938. The van der Waals surface area contributed by atoms with E-state index in [1.54, 1.807) is 39.0 Å². The lowest BCUT2D eigenvalue weighted by atomic mass is 10.1. The Morgan fingerprint density at radius 1 is 1.33 bits per heavy atom. The minimum absolute atomic E-state index is 0.000586. The summed E-state index contributed by atoms with van der Waals surface area (Å²) in [6, 6.07) is 6.66. The van der Waals surface area contributed by atoms with Crippen LogP contribution in [-0.4, -0.2) is 40.5 Å². The van der Waals surface area contributed by atoms with E-state index in [1.807, 2.05) is 6.07 Å². The third-order valence-electron chi connectivity index (χ3n) is 3.62. The highest BCUT2D eigenvalue weighted by Crippen LogP contribution is 2.17. The van der Waals surface area contributed by atoms with Gasteiger partial charge in [0, 0.05) is 23.6 Å². The summed E-state index contributed by atoms with van der Waals surface area (Å²) in [6.45, 7) is 4.96. The van der Waals surface area contributed by atoms with E-state index in [4.69, 9.17) is 11.6 Å². The summed E-state index contributed by atoms with van der Waals surface area (Å²) >= 11 is 6.06. The van der Waals surface area contributed by atoms with E-state index in [1.165, 1.54) is 0 Å². The third-order valence-corrected chi connectivity index (χ3v) is 3.95. The number of benzene rings is 1. The minimum Gasteiger partial charge on any atom is -0.324 e. The van der Waals surface area contributed by atoms with Crippen molar-refractivity contribution in [1.29, 1.82) is 0 Å². The normalized spacial score (nSPS) is 17.0. The van der Waals surface area contributed by atoms with Gasteiger partial charge in [0.2, 0.25) is 5.91 Å². The van der Waals surface area contributed by atoms with E-state index >= 15 is 0 Å². The fourth-order valence-corrected chi connectivity index (χ4v) is 2.52. The van der Waals surface area contributed by atoms with Crippen LogP contribution in [0.5, 0.6) is 0 Å². The van der Waals surface area contributed by atoms with Crippen molar-refractivity contribution in [2.75, 3.05) is 6.54 Å². The summed E-state index contributed by atoms with van der Waals surface area (Å²) in [4.78, 5) is 36.6. The van der Waals surface area contributed by atoms with Crippen molar-refractivity contribution in [3.8, 4) is 0 Å². The Bertz CT molecular complexity index is 715. The second kappa shape index (κ2) is 7.00. The quantitative estimate of drug-likeness (QED) is 0.482.